The predicted octanol–water partition coefficient (Wildman–Crippen LogP) is 3.66. The molecule has 2 aliphatic rings. The third-order valence-electron chi connectivity index (χ3n) is 4.13. The highest BCUT2D eigenvalue weighted by Gasteiger charge is 2.45. The van der Waals surface area contributed by atoms with Gasteiger partial charge in [0.1, 0.15) is 0 Å². The van der Waals surface area contributed by atoms with Crippen LogP contribution in [0.2, 0.25) is 0 Å². The Morgan fingerprint density at radius 1 is 1.17 bits per heavy atom. The fraction of sp³-hybridized carbons (Fsp3) is 0.556. The van der Waals surface area contributed by atoms with Crippen molar-refractivity contribution < 1.29 is 9.59 Å². The number of imide groups is 1. The summed E-state index contributed by atoms with van der Waals surface area (Å²) in [6.07, 6.45) is 0. The monoisotopic (exact) mass is 334 g/mol. The van der Waals surface area contributed by atoms with Crippen molar-refractivity contribution in [1.82, 2.24) is 10.2 Å². The Balaban J connectivity index is 0.000000924. The van der Waals surface area contributed by atoms with Crippen molar-refractivity contribution in [3.05, 3.63) is 35.4 Å². The van der Waals surface area contributed by atoms with Gasteiger partial charge in [-0.2, -0.15) is 11.8 Å². The van der Waals surface area contributed by atoms with Crippen molar-refractivity contribution in [3.8, 4) is 0 Å². The highest BCUT2D eigenvalue weighted by atomic mass is 32.2. The van der Waals surface area contributed by atoms with Crippen molar-refractivity contribution in [2.45, 2.75) is 52.1 Å². The zero-order valence-electron chi connectivity index (χ0n) is 14.6. The van der Waals surface area contributed by atoms with Crippen LogP contribution in [0, 0.1) is 0 Å². The molecule has 3 amide bonds. The molecule has 0 aromatic heterocycles. The molecule has 0 aliphatic carbocycles. The van der Waals surface area contributed by atoms with Crippen LogP contribution in [-0.2, 0) is 5.41 Å². The first kappa shape index (κ1) is 17.9. The standard InChI is InChI=1S/C16H20N2O2S.C2H6/c1-16(2,3)11-6-4-10(5-7-11)14(19)18-13-9-21-8-12(13)17-15(18)20;1-2/h4-7,12-13H,8-9H2,1-3H3,(H,17,20);1-2H3/t12-,13+;/m1./s1. The third kappa shape index (κ3) is 3.55. The Hall–Kier alpha value is -1.49. The maximum Gasteiger partial charge on any atom is 0.325 e. The normalized spacial score (nSPS) is 23.0. The number of nitrogens with one attached hydrogen (secondary N) is 1. The summed E-state index contributed by atoms with van der Waals surface area (Å²) < 4.78 is 0. The van der Waals surface area contributed by atoms with Gasteiger partial charge in [-0.25, -0.2) is 4.79 Å². The van der Waals surface area contributed by atoms with Gasteiger partial charge in [0.05, 0.1) is 12.1 Å². The SMILES string of the molecule is CC.CC(C)(C)c1ccc(C(=O)N2C(=O)N[C@@H]3CSC[C@@H]32)cc1. The first-order chi connectivity index (χ1) is 10.9. The average molecular weight is 334 g/mol. The molecule has 2 heterocycles. The number of hydrogen-bond acceptors (Lipinski definition) is 3. The molecule has 1 aromatic carbocycles. The molecule has 0 spiro atoms. The Labute approximate surface area is 143 Å². The molecule has 0 saturated carbocycles. The van der Waals surface area contributed by atoms with Crippen LogP contribution in [0.3, 0.4) is 0 Å². The number of rotatable bonds is 1. The van der Waals surface area contributed by atoms with E-state index in [1.54, 1.807) is 11.8 Å². The number of carbonyl (C=O) groups excluding carboxylic acids is 2. The van der Waals surface area contributed by atoms with E-state index in [1.807, 2.05) is 38.1 Å². The topological polar surface area (TPSA) is 49.4 Å². The second-order valence-electron chi connectivity index (χ2n) is 6.66. The minimum absolute atomic E-state index is 0.00251. The lowest BCUT2D eigenvalue weighted by atomic mass is 9.86. The van der Waals surface area contributed by atoms with Crippen LogP contribution in [-0.4, -0.2) is 40.4 Å². The van der Waals surface area contributed by atoms with Crippen LogP contribution in [0.5, 0.6) is 0 Å². The molecule has 4 nitrogen and oxygen atoms in total. The van der Waals surface area contributed by atoms with E-state index in [-0.39, 0.29) is 29.4 Å². The van der Waals surface area contributed by atoms with Crippen LogP contribution in [0.25, 0.3) is 0 Å². The number of nitrogens with zero attached hydrogens (tertiary/aromatic N) is 1. The first-order valence-corrected chi connectivity index (χ1v) is 9.36. The van der Waals surface area contributed by atoms with E-state index in [9.17, 15) is 9.59 Å². The maximum atomic E-state index is 12.6. The zero-order chi connectivity index (χ0) is 17.2. The predicted molar refractivity (Wildman–Crippen MR) is 96.1 cm³/mol. The molecule has 2 aliphatic heterocycles. The molecular weight excluding hydrogens is 308 g/mol. The largest absolute Gasteiger partial charge is 0.332 e. The molecule has 0 unspecified atom stereocenters. The van der Waals surface area contributed by atoms with E-state index < -0.39 is 0 Å². The molecule has 5 heteroatoms. The first-order valence-electron chi connectivity index (χ1n) is 8.20. The molecule has 23 heavy (non-hydrogen) atoms. The maximum absolute atomic E-state index is 12.6. The minimum Gasteiger partial charge on any atom is -0.332 e. The van der Waals surface area contributed by atoms with E-state index in [0.29, 0.717) is 5.56 Å². The summed E-state index contributed by atoms with van der Waals surface area (Å²) in [6.45, 7) is 10.4. The third-order valence-corrected chi connectivity index (χ3v) is 5.30. The van der Waals surface area contributed by atoms with Crippen molar-refractivity contribution in [2.75, 3.05) is 11.5 Å². The number of fused-ring (bicyclic) bond motifs is 1. The molecule has 2 atom stereocenters. The van der Waals surface area contributed by atoms with E-state index in [0.717, 1.165) is 11.5 Å². The molecular formula is C18H26N2O2S. The van der Waals surface area contributed by atoms with Gasteiger partial charge in [-0.15, -0.1) is 0 Å². The number of benzene rings is 1. The summed E-state index contributed by atoms with van der Waals surface area (Å²) in [5.74, 6) is 1.53. The molecule has 0 radical (unpaired) electrons. The number of carbonyl (C=O) groups is 2. The second kappa shape index (κ2) is 6.95. The molecule has 2 fully saturated rings. The Kier molecular flexibility index (Phi) is 5.40. The molecule has 3 rings (SSSR count). The Morgan fingerprint density at radius 2 is 1.78 bits per heavy atom. The summed E-state index contributed by atoms with van der Waals surface area (Å²) in [7, 11) is 0. The van der Waals surface area contributed by atoms with Gasteiger partial charge in [-0.05, 0) is 23.1 Å². The van der Waals surface area contributed by atoms with Crippen molar-refractivity contribution in [2.24, 2.45) is 0 Å². The van der Waals surface area contributed by atoms with E-state index in [1.165, 1.54) is 10.5 Å². The van der Waals surface area contributed by atoms with Crippen molar-refractivity contribution in [3.63, 3.8) is 0 Å². The summed E-state index contributed by atoms with van der Waals surface area (Å²) in [6, 6.07) is 7.45. The van der Waals surface area contributed by atoms with E-state index in [2.05, 4.69) is 26.1 Å². The van der Waals surface area contributed by atoms with Crippen molar-refractivity contribution in [1.29, 1.82) is 0 Å². The lowest BCUT2D eigenvalue weighted by Crippen LogP contribution is -2.41. The lowest BCUT2D eigenvalue weighted by Gasteiger charge is -2.21. The van der Waals surface area contributed by atoms with Crippen LogP contribution in [0.1, 0.15) is 50.5 Å². The smallest absolute Gasteiger partial charge is 0.325 e. The van der Waals surface area contributed by atoms with Gasteiger partial charge in [0.2, 0.25) is 0 Å². The van der Waals surface area contributed by atoms with Gasteiger partial charge in [0.15, 0.2) is 0 Å². The van der Waals surface area contributed by atoms with Crippen LogP contribution < -0.4 is 5.32 Å². The molecule has 2 saturated heterocycles. The second-order valence-corrected chi connectivity index (χ2v) is 7.74. The molecule has 1 aromatic rings. The molecule has 0 bridgehead atoms. The van der Waals surface area contributed by atoms with E-state index >= 15 is 0 Å². The fourth-order valence-corrected chi connectivity index (χ4v) is 4.13. The summed E-state index contributed by atoms with van der Waals surface area (Å²) in [4.78, 5) is 26.0. The van der Waals surface area contributed by atoms with Gasteiger partial charge in [0, 0.05) is 17.1 Å². The number of urea groups is 1. The molecule has 1 N–H and O–H groups in total. The van der Waals surface area contributed by atoms with Gasteiger partial charge < -0.3 is 5.32 Å². The number of hydrogen-bond donors (Lipinski definition) is 1. The summed E-state index contributed by atoms with van der Waals surface area (Å²) >= 11 is 1.78. The van der Waals surface area contributed by atoms with E-state index in [4.69, 9.17) is 0 Å². The van der Waals surface area contributed by atoms with Crippen LogP contribution in [0.15, 0.2) is 24.3 Å². The number of amides is 3. The van der Waals surface area contributed by atoms with Crippen LogP contribution in [0.4, 0.5) is 4.79 Å². The Bertz CT molecular complexity index is 578. The van der Waals surface area contributed by atoms with Gasteiger partial charge in [0.25, 0.3) is 5.91 Å². The molecule has 126 valence electrons. The highest BCUT2D eigenvalue weighted by Crippen LogP contribution is 2.29. The quantitative estimate of drug-likeness (QED) is 0.797. The van der Waals surface area contributed by atoms with Gasteiger partial charge in [-0.3, -0.25) is 9.69 Å². The van der Waals surface area contributed by atoms with Gasteiger partial charge in [-0.1, -0.05) is 46.8 Å². The van der Waals surface area contributed by atoms with Crippen LogP contribution >= 0.6 is 11.8 Å². The number of thioether (sulfide) groups is 1. The Morgan fingerprint density at radius 3 is 2.35 bits per heavy atom. The summed E-state index contributed by atoms with van der Waals surface area (Å²) in [5.41, 5.74) is 1.81. The fourth-order valence-electron chi connectivity index (χ4n) is 2.81. The van der Waals surface area contributed by atoms with Gasteiger partial charge >= 0.3 is 6.03 Å². The average Bonchev–Trinajstić information content (AvgIpc) is 3.08. The summed E-state index contributed by atoms with van der Waals surface area (Å²) in [5, 5.41) is 2.90. The highest BCUT2D eigenvalue weighted by molar-refractivity contribution is 7.99. The lowest BCUT2D eigenvalue weighted by molar-refractivity contribution is 0.0791. The minimum atomic E-state index is -0.254. The zero-order valence-corrected chi connectivity index (χ0v) is 15.4. The van der Waals surface area contributed by atoms with Crippen molar-refractivity contribution >= 4 is 23.7 Å².